The number of benzene rings is 1. The summed E-state index contributed by atoms with van der Waals surface area (Å²) in [5, 5.41) is 3.31. The van der Waals surface area contributed by atoms with E-state index in [1.54, 1.807) is 11.5 Å². The number of carbonyl (C=O) groups is 2. The zero-order valence-electron chi connectivity index (χ0n) is 17.4. The van der Waals surface area contributed by atoms with Crippen LogP contribution in [0.1, 0.15) is 57.8 Å². The Bertz CT molecular complexity index is 1240. The van der Waals surface area contributed by atoms with Gasteiger partial charge in [-0.2, -0.15) is 0 Å². The Morgan fingerprint density at radius 3 is 2.74 bits per heavy atom. The number of aromatic nitrogens is 1. The van der Waals surface area contributed by atoms with Gasteiger partial charge in [-0.25, -0.2) is 9.18 Å². The van der Waals surface area contributed by atoms with Crippen molar-refractivity contribution in [2.24, 2.45) is 0 Å². The van der Waals surface area contributed by atoms with Crippen molar-refractivity contribution in [1.82, 2.24) is 4.57 Å². The SMILES string of the molecule is CCOC(=O)c1c(NC(=O)c2cn(CC)c3ccc(F)cc3c2=O)sc2c1CCCC2. The number of amides is 1. The Kier molecular flexibility index (Phi) is 5.91. The first-order chi connectivity index (χ1) is 14.9. The highest BCUT2D eigenvalue weighted by atomic mass is 32.1. The second-order valence-electron chi connectivity index (χ2n) is 7.41. The molecule has 0 spiro atoms. The Labute approximate surface area is 182 Å². The first kappa shape index (κ1) is 21.2. The van der Waals surface area contributed by atoms with Gasteiger partial charge in [-0.15, -0.1) is 11.3 Å². The summed E-state index contributed by atoms with van der Waals surface area (Å²) in [4.78, 5) is 39.8. The summed E-state index contributed by atoms with van der Waals surface area (Å²) < 4.78 is 20.7. The number of pyridine rings is 1. The number of esters is 1. The van der Waals surface area contributed by atoms with Crippen molar-refractivity contribution < 1.29 is 18.7 Å². The quantitative estimate of drug-likeness (QED) is 0.589. The Balaban J connectivity index is 1.78. The molecule has 1 aromatic carbocycles. The van der Waals surface area contributed by atoms with E-state index >= 15 is 0 Å². The predicted molar refractivity (Wildman–Crippen MR) is 119 cm³/mol. The molecule has 1 amide bonds. The molecular weight excluding hydrogens is 419 g/mol. The van der Waals surface area contributed by atoms with Crippen LogP contribution in [0.4, 0.5) is 9.39 Å². The van der Waals surface area contributed by atoms with E-state index in [-0.39, 0.29) is 17.6 Å². The van der Waals surface area contributed by atoms with E-state index in [9.17, 15) is 18.8 Å². The largest absolute Gasteiger partial charge is 0.462 e. The van der Waals surface area contributed by atoms with Crippen molar-refractivity contribution >= 4 is 39.1 Å². The molecule has 6 nitrogen and oxygen atoms in total. The fourth-order valence-corrected chi connectivity index (χ4v) is 5.31. The third kappa shape index (κ3) is 3.87. The minimum Gasteiger partial charge on any atom is -0.462 e. The fraction of sp³-hybridized carbons (Fsp3) is 0.348. The standard InChI is InChI=1S/C23H23FN2O4S/c1-3-26-12-16(20(27)15-11-13(24)9-10-17(15)26)21(28)25-22-19(23(29)30-4-2)14-7-5-6-8-18(14)31-22/h9-12H,3-8H2,1-2H3,(H,25,28). The summed E-state index contributed by atoms with van der Waals surface area (Å²) in [6.07, 6.45) is 5.09. The molecule has 0 radical (unpaired) electrons. The van der Waals surface area contributed by atoms with Crippen LogP contribution < -0.4 is 10.7 Å². The third-order valence-electron chi connectivity index (χ3n) is 5.51. The van der Waals surface area contributed by atoms with E-state index in [0.717, 1.165) is 42.2 Å². The number of carbonyl (C=O) groups excluding carboxylic acids is 2. The van der Waals surface area contributed by atoms with Gasteiger partial charge < -0.3 is 14.6 Å². The lowest BCUT2D eigenvalue weighted by Crippen LogP contribution is -2.24. The van der Waals surface area contributed by atoms with Crippen molar-refractivity contribution in [2.75, 3.05) is 11.9 Å². The number of halogens is 1. The van der Waals surface area contributed by atoms with Crippen LogP contribution in [0.5, 0.6) is 0 Å². The number of anilines is 1. The molecule has 0 unspecified atom stereocenters. The highest BCUT2D eigenvalue weighted by Gasteiger charge is 2.28. The summed E-state index contributed by atoms with van der Waals surface area (Å²) >= 11 is 1.36. The van der Waals surface area contributed by atoms with Crippen LogP contribution in [0.15, 0.2) is 29.2 Å². The van der Waals surface area contributed by atoms with E-state index < -0.39 is 23.1 Å². The number of nitrogens with one attached hydrogen (secondary N) is 1. The van der Waals surface area contributed by atoms with Crippen LogP contribution >= 0.6 is 11.3 Å². The molecule has 4 rings (SSSR count). The molecular formula is C23H23FN2O4S. The number of hydrogen-bond donors (Lipinski definition) is 1. The molecule has 2 heterocycles. The van der Waals surface area contributed by atoms with Crippen molar-refractivity contribution in [1.29, 1.82) is 0 Å². The highest BCUT2D eigenvalue weighted by molar-refractivity contribution is 7.17. The van der Waals surface area contributed by atoms with Crippen molar-refractivity contribution in [3.8, 4) is 0 Å². The average molecular weight is 443 g/mol. The van der Waals surface area contributed by atoms with E-state index in [4.69, 9.17) is 4.74 Å². The van der Waals surface area contributed by atoms with Gasteiger partial charge in [0.15, 0.2) is 0 Å². The maximum absolute atomic E-state index is 13.8. The number of hydrogen-bond acceptors (Lipinski definition) is 5. The first-order valence-electron chi connectivity index (χ1n) is 10.4. The monoisotopic (exact) mass is 442 g/mol. The van der Waals surface area contributed by atoms with Crippen LogP contribution in [-0.4, -0.2) is 23.1 Å². The van der Waals surface area contributed by atoms with Gasteiger partial charge in [0.2, 0.25) is 5.43 Å². The molecule has 0 saturated carbocycles. The number of thiophene rings is 1. The number of fused-ring (bicyclic) bond motifs is 2. The molecule has 3 aromatic rings. The van der Waals surface area contributed by atoms with E-state index in [1.165, 1.54) is 29.7 Å². The fourth-order valence-electron chi connectivity index (χ4n) is 4.04. The van der Waals surface area contributed by atoms with Crippen molar-refractivity contribution in [3.05, 3.63) is 62.0 Å². The van der Waals surface area contributed by atoms with Crippen LogP contribution in [0.2, 0.25) is 0 Å². The van der Waals surface area contributed by atoms with Gasteiger partial charge in [-0.1, -0.05) is 0 Å². The zero-order chi connectivity index (χ0) is 22.1. The average Bonchev–Trinajstić information content (AvgIpc) is 3.12. The summed E-state index contributed by atoms with van der Waals surface area (Å²) in [6.45, 7) is 4.34. The lowest BCUT2D eigenvalue weighted by Gasteiger charge is -2.13. The zero-order valence-corrected chi connectivity index (χ0v) is 18.2. The Morgan fingerprint density at radius 1 is 1.23 bits per heavy atom. The van der Waals surface area contributed by atoms with E-state index in [1.807, 2.05) is 6.92 Å². The molecule has 0 fully saturated rings. The lowest BCUT2D eigenvalue weighted by molar-refractivity contribution is 0.0526. The van der Waals surface area contributed by atoms with Gasteiger partial charge in [-0.3, -0.25) is 9.59 Å². The van der Waals surface area contributed by atoms with E-state index in [0.29, 0.717) is 22.6 Å². The molecule has 162 valence electrons. The Morgan fingerprint density at radius 2 is 2.00 bits per heavy atom. The minimum atomic E-state index is -0.623. The molecule has 0 atom stereocenters. The smallest absolute Gasteiger partial charge is 0.341 e. The molecule has 1 N–H and O–H groups in total. The molecule has 1 aliphatic carbocycles. The summed E-state index contributed by atoms with van der Waals surface area (Å²) in [7, 11) is 0. The van der Waals surface area contributed by atoms with Crippen molar-refractivity contribution in [2.45, 2.75) is 46.1 Å². The molecule has 1 aliphatic rings. The molecule has 31 heavy (non-hydrogen) atoms. The van der Waals surface area contributed by atoms with Gasteiger partial charge in [-0.05, 0) is 63.3 Å². The number of rotatable bonds is 5. The number of nitrogens with zero attached hydrogens (tertiary/aromatic N) is 1. The third-order valence-corrected chi connectivity index (χ3v) is 6.71. The molecule has 8 heteroatoms. The van der Waals surface area contributed by atoms with Crippen LogP contribution in [0.25, 0.3) is 10.9 Å². The van der Waals surface area contributed by atoms with Crippen LogP contribution in [0.3, 0.4) is 0 Å². The van der Waals surface area contributed by atoms with Crippen LogP contribution in [0, 0.1) is 5.82 Å². The molecule has 0 saturated heterocycles. The maximum atomic E-state index is 13.8. The number of aryl methyl sites for hydroxylation is 2. The summed E-state index contributed by atoms with van der Waals surface area (Å²) in [6, 6.07) is 3.97. The predicted octanol–water partition coefficient (Wildman–Crippen LogP) is 4.53. The van der Waals surface area contributed by atoms with E-state index in [2.05, 4.69) is 5.32 Å². The normalized spacial score (nSPS) is 13.1. The maximum Gasteiger partial charge on any atom is 0.341 e. The summed E-state index contributed by atoms with van der Waals surface area (Å²) in [5.41, 5.74) is 1.23. The Hall–Kier alpha value is -3.00. The van der Waals surface area contributed by atoms with Gasteiger partial charge >= 0.3 is 5.97 Å². The van der Waals surface area contributed by atoms with Crippen molar-refractivity contribution in [3.63, 3.8) is 0 Å². The lowest BCUT2D eigenvalue weighted by atomic mass is 9.95. The van der Waals surface area contributed by atoms with Crippen LogP contribution in [-0.2, 0) is 24.1 Å². The first-order valence-corrected chi connectivity index (χ1v) is 11.2. The van der Waals surface area contributed by atoms with Gasteiger partial charge in [0.05, 0.1) is 17.7 Å². The molecule has 0 bridgehead atoms. The topological polar surface area (TPSA) is 77.4 Å². The minimum absolute atomic E-state index is 0.0962. The van der Waals surface area contributed by atoms with Gasteiger partial charge in [0, 0.05) is 23.0 Å². The second-order valence-corrected chi connectivity index (χ2v) is 8.51. The molecule has 2 aromatic heterocycles. The molecule has 0 aliphatic heterocycles. The van der Waals surface area contributed by atoms with Gasteiger partial charge in [0.25, 0.3) is 5.91 Å². The highest BCUT2D eigenvalue weighted by Crippen LogP contribution is 2.38. The second kappa shape index (κ2) is 8.63. The van der Waals surface area contributed by atoms with Gasteiger partial charge in [0.1, 0.15) is 16.4 Å². The number of ether oxygens (including phenoxy) is 1. The summed E-state index contributed by atoms with van der Waals surface area (Å²) in [5.74, 6) is -1.63.